The molecule has 2 aromatic rings. The smallest absolute Gasteiger partial charge is 0.273 e. The number of thiazole rings is 1. The predicted octanol–water partition coefficient (Wildman–Crippen LogP) is 3.19. The van der Waals surface area contributed by atoms with E-state index in [1.807, 2.05) is 22.4 Å². The van der Waals surface area contributed by atoms with Crippen LogP contribution in [0, 0.1) is 0 Å². The molecule has 116 valence electrons. The first-order valence-electron chi connectivity index (χ1n) is 7.75. The van der Waals surface area contributed by atoms with Crippen LogP contribution in [0.1, 0.15) is 36.2 Å². The summed E-state index contributed by atoms with van der Waals surface area (Å²) in [6.45, 7) is 1.29. The zero-order chi connectivity index (χ0) is 14.9. The van der Waals surface area contributed by atoms with Crippen molar-refractivity contribution in [3.63, 3.8) is 0 Å². The van der Waals surface area contributed by atoms with Gasteiger partial charge in [0, 0.05) is 11.9 Å². The van der Waals surface area contributed by atoms with E-state index in [0.29, 0.717) is 24.6 Å². The van der Waals surface area contributed by atoms with E-state index >= 15 is 0 Å². The molecule has 1 saturated carbocycles. The number of ether oxygens (including phenoxy) is 1. The second-order valence-electron chi connectivity index (χ2n) is 5.77. The SMILES string of the molecule is O=C(c1csc(-c2ccco2)n1)N1CCOC2CCCCC21. The summed E-state index contributed by atoms with van der Waals surface area (Å²) in [6, 6.07) is 3.90. The molecule has 3 heterocycles. The molecule has 0 aromatic carbocycles. The fraction of sp³-hybridized carbons (Fsp3) is 0.500. The van der Waals surface area contributed by atoms with Gasteiger partial charge in [0.25, 0.3) is 5.91 Å². The van der Waals surface area contributed by atoms with Crippen LogP contribution in [0.2, 0.25) is 0 Å². The lowest BCUT2D eigenvalue weighted by Gasteiger charge is -2.43. The highest BCUT2D eigenvalue weighted by Gasteiger charge is 2.37. The van der Waals surface area contributed by atoms with Crippen LogP contribution in [0.4, 0.5) is 0 Å². The molecule has 0 N–H and O–H groups in total. The Bertz CT molecular complexity index is 650. The van der Waals surface area contributed by atoms with E-state index in [1.54, 1.807) is 6.26 Å². The van der Waals surface area contributed by atoms with Crippen molar-refractivity contribution in [2.45, 2.75) is 37.8 Å². The first-order valence-corrected chi connectivity index (χ1v) is 8.63. The standard InChI is InChI=1S/C16H18N2O3S/c19-16(11-10-22-15(17-11)14-6-3-8-20-14)18-7-9-21-13-5-2-1-4-12(13)18/h3,6,8,10,12-13H,1-2,4-5,7,9H2. The molecule has 1 aliphatic heterocycles. The number of hydrogen-bond acceptors (Lipinski definition) is 5. The maximum atomic E-state index is 12.8. The van der Waals surface area contributed by atoms with Gasteiger partial charge in [-0.05, 0) is 25.0 Å². The fourth-order valence-electron chi connectivity index (χ4n) is 3.38. The third kappa shape index (κ3) is 2.46. The van der Waals surface area contributed by atoms with Gasteiger partial charge in [-0.2, -0.15) is 0 Å². The van der Waals surface area contributed by atoms with Crippen LogP contribution in [-0.2, 0) is 4.74 Å². The normalized spacial score (nSPS) is 25.0. The van der Waals surface area contributed by atoms with Gasteiger partial charge in [0.2, 0.25) is 0 Å². The lowest BCUT2D eigenvalue weighted by atomic mass is 9.90. The van der Waals surface area contributed by atoms with Crippen molar-refractivity contribution in [3.05, 3.63) is 29.5 Å². The van der Waals surface area contributed by atoms with Crippen molar-refractivity contribution in [3.8, 4) is 10.8 Å². The van der Waals surface area contributed by atoms with Gasteiger partial charge in [-0.1, -0.05) is 12.8 Å². The Hall–Kier alpha value is -1.66. The molecule has 6 heteroatoms. The topological polar surface area (TPSA) is 55.6 Å². The summed E-state index contributed by atoms with van der Waals surface area (Å²) in [7, 11) is 0. The molecule has 1 saturated heterocycles. The number of furan rings is 1. The highest BCUT2D eigenvalue weighted by Crippen LogP contribution is 2.30. The van der Waals surface area contributed by atoms with E-state index in [1.165, 1.54) is 24.2 Å². The Balaban J connectivity index is 1.56. The summed E-state index contributed by atoms with van der Waals surface area (Å²) in [6.07, 6.45) is 6.28. The lowest BCUT2D eigenvalue weighted by Crippen LogP contribution is -2.54. The third-order valence-electron chi connectivity index (χ3n) is 4.45. The summed E-state index contributed by atoms with van der Waals surface area (Å²) in [5.41, 5.74) is 0.516. The van der Waals surface area contributed by atoms with Crippen molar-refractivity contribution in [2.75, 3.05) is 13.2 Å². The summed E-state index contributed by atoms with van der Waals surface area (Å²) in [5.74, 6) is 0.732. The van der Waals surface area contributed by atoms with Gasteiger partial charge in [0.05, 0.1) is 25.0 Å². The van der Waals surface area contributed by atoms with Gasteiger partial charge >= 0.3 is 0 Å². The van der Waals surface area contributed by atoms with E-state index in [0.717, 1.165) is 17.8 Å². The highest BCUT2D eigenvalue weighted by molar-refractivity contribution is 7.13. The predicted molar refractivity (Wildman–Crippen MR) is 82.8 cm³/mol. The summed E-state index contributed by atoms with van der Waals surface area (Å²) < 4.78 is 11.2. The van der Waals surface area contributed by atoms with Gasteiger partial charge < -0.3 is 14.1 Å². The molecule has 0 bridgehead atoms. The van der Waals surface area contributed by atoms with Crippen LogP contribution in [0.25, 0.3) is 10.8 Å². The second kappa shape index (κ2) is 5.85. The molecule has 1 amide bonds. The van der Waals surface area contributed by atoms with Crippen LogP contribution < -0.4 is 0 Å². The molecule has 1 aliphatic carbocycles. The number of hydrogen-bond donors (Lipinski definition) is 0. The number of aromatic nitrogens is 1. The molecule has 0 radical (unpaired) electrons. The monoisotopic (exact) mass is 318 g/mol. The largest absolute Gasteiger partial charge is 0.462 e. The zero-order valence-electron chi connectivity index (χ0n) is 12.2. The van der Waals surface area contributed by atoms with Crippen molar-refractivity contribution in [1.82, 2.24) is 9.88 Å². The molecule has 2 aliphatic rings. The Morgan fingerprint density at radius 1 is 1.36 bits per heavy atom. The van der Waals surface area contributed by atoms with E-state index in [4.69, 9.17) is 9.15 Å². The highest BCUT2D eigenvalue weighted by atomic mass is 32.1. The van der Waals surface area contributed by atoms with Crippen LogP contribution in [-0.4, -0.2) is 41.1 Å². The van der Waals surface area contributed by atoms with Crippen LogP contribution >= 0.6 is 11.3 Å². The zero-order valence-corrected chi connectivity index (χ0v) is 13.1. The summed E-state index contributed by atoms with van der Waals surface area (Å²) in [5, 5.41) is 2.58. The molecule has 2 fully saturated rings. The Kier molecular flexibility index (Phi) is 3.72. The van der Waals surface area contributed by atoms with Crippen molar-refractivity contribution in [1.29, 1.82) is 0 Å². The molecular weight excluding hydrogens is 300 g/mol. The lowest BCUT2D eigenvalue weighted by molar-refractivity contribution is -0.0754. The summed E-state index contributed by atoms with van der Waals surface area (Å²) >= 11 is 1.45. The molecule has 0 spiro atoms. The molecule has 4 rings (SSSR count). The van der Waals surface area contributed by atoms with Crippen molar-refractivity contribution < 1.29 is 13.9 Å². The van der Waals surface area contributed by atoms with Gasteiger partial charge in [0.1, 0.15) is 5.69 Å². The van der Waals surface area contributed by atoms with Crippen molar-refractivity contribution >= 4 is 17.2 Å². The van der Waals surface area contributed by atoms with Gasteiger partial charge in [0.15, 0.2) is 10.8 Å². The number of nitrogens with zero attached hydrogens (tertiary/aromatic N) is 2. The molecule has 5 nitrogen and oxygen atoms in total. The molecule has 2 unspecified atom stereocenters. The summed E-state index contributed by atoms with van der Waals surface area (Å²) in [4.78, 5) is 19.2. The number of morpholine rings is 1. The minimum atomic E-state index is 0.0225. The number of carbonyl (C=O) groups is 1. The van der Waals surface area contributed by atoms with Gasteiger partial charge in [-0.3, -0.25) is 4.79 Å². The molecular formula is C16H18N2O3S. The number of carbonyl (C=O) groups excluding carboxylic acids is 1. The van der Waals surface area contributed by atoms with Crippen LogP contribution in [0.15, 0.2) is 28.2 Å². The number of fused-ring (bicyclic) bond motifs is 1. The minimum Gasteiger partial charge on any atom is -0.462 e. The second-order valence-corrected chi connectivity index (χ2v) is 6.63. The Morgan fingerprint density at radius 2 is 2.27 bits per heavy atom. The number of amides is 1. The van der Waals surface area contributed by atoms with Crippen LogP contribution in [0.3, 0.4) is 0 Å². The Labute approximate surface area is 132 Å². The average Bonchev–Trinajstić information content (AvgIpc) is 3.24. The van der Waals surface area contributed by atoms with E-state index in [-0.39, 0.29) is 18.1 Å². The van der Waals surface area contributed by atoms with Gasteiger partial charge in [-0.15, -0.1) is 11.3 Å². The van der Waals surface area contributed by atoms with E-state index < -0.39 is 0 Å². The fourth-order valence-corrected chi connectivity index (χ4v) is 4.14. The van der Waals surface area contributed by atoms with E-state index in [9.17, 15) is 4.79 Å². The minimum absolute atomic E-state index is 0.0225. The third-order valence-corrected chi connectivity index (χ3v) is 5.31. The van der Waals surface area contributed by atoms with Gasteiger partial charge in [-0.25, -0.2) is 4.98 Å². The number of rotatable bonds is 2. The maximum Gasteiger partial charge on any atom is 0.273 e. The first kappa shape index (κ1) is 14.0. The van der Waals surface area contributed by atoms with Crippen LogP contribution in [0.5, 0.6) is 0 Å². The van der Waals surface area contributed by atoms with E-state index in [2.05, 4.69) is 4.98 Å². The first-order chi connectivity index (χ1) is 10.8. The maximum absolute atomic E-state index is 12.8. The average molecular weight is 318 g/mol. The quantitative estimate of drug-likeness (QED) is 0.853. The van der Waals surface area contributed by atoms with Crippen molar-refractivity contribution in [2.24, 2.45) is 0 Å². The molecule has 2 aromatic heterocycles. The molecule has 2 atom stereocenters. The Morgan fingerprint density at radius 3 is 3.14 bits per heavy atom. The molecule has 22 heavy (non-hydrogen) atoms.